The Kier molecular flexibility index (Phi) is 4.77. The SMILES string of the molecule is CC(CCNC(=O)Nc1ccc2ccccc2c1)C(=O)O. The predicted molar refractivity (Wildman–Crippen MR) is 82.4 cm³/mol. The topological polar surface area (TPSA) is 78.4 Å². The fourth-order valence-electron chi connectivity index (χ4n) is 1.97. The Balaban J connectivity index is 1.88. The smallest absolute Gasteiger partial charge is 0.319 e. The molecule has 0 aromatic heterocycles. The van der Waals surface area contributed by atoms with E-state index < -0.39 is 11.9 Å². The number of aliphatic carboxylic acids is 1. The summed E-state index contributed by atoms with van der Waals surface area (Å²) in [5.41, 5.74) is 0.706. The molecule has 0 bridgehead atoms. The van der Waals surface area contributed by atoms with Crippen LogP contribution in [0.4, 0.5) is 10.5 Å². The van der Waals surface area contributed by atoms with E-state index in [0.29, 0.717) is 18.7 Å². The van der Waals surface area contributed by atoms with E-state index in [1.807, 2.05) is 42.5 Å². The number of hydrogen-bond donors (Lipinski definition) is 3. The minimum atomic E-state index is -0.855. The molecule has 3 N–H and O–H groups in total. The van der Waals surface area contributed by atoms with Crippen molar-refractivity contribution in [1.29, 1.82) is 0 Å². The van der Waals surface area contributed by atoms with Crippen LogP contribution in [0.5, 0.6) is 0 Å². The summed E-state index contributed by atoms with van der Waals surface area (Å²) in [5.74, 6) is -1.32. The van der Waals surface area contributed by atoms with E-state index in [1.54, 1.807) is 6.92 Å². The Morgan fingerprint density at radius 1 is 1.14 bits per heavy atom. The summed E-state index contributed by atoms with van der Waals surface area (Å²) in [6.45, 7) is 1.94. The quantitative estimate of drug-likeness (QED) is 0.790. The van der Waals surface area contributed by atoms with Crippen LogP contribution in [0, 0.1) is 5.92 Å². The number of fused-ring (bicyclic) bond motifs is 1. The van der Waals surface area contributed by atoms with Gasteiger partial charge in [-0.2, -0.15) is 0 Å². The zero-order chi connectivity index (χ0) is 15.2. The fraction of sp³-hybridized carbons (Fsp3) is 0.250. The van der Waals surface area contributed by atoms with Crippen molar-refractivity contribution in [1.82, 2.24) is 5.32 Å². The Bertz CT molecular complexity index is 655. The molecule has 0 saturated carbocycles. The summed E-state index contributed by atoms with van der Waals surface area (Å²) in [6.07, 6.45) is 0.403. The molecule has 0 radical (unpaired) electrons. The lowest BCUT2D eigenvalue weighted by Crippen LogP contribution is -2.31. The number of rotatable bonds is 5. The number of urea groups is 1. The van der Waals surface area contributed by atoms with E-state index in [9.17, 15) is 9.59 Å². The Morgan fingerprint density at radius 2 is 1.86 bits per heavy atom. The van der Waals surface area contributed by atoms with Crippen LogP contribution in [0.15, 0.2) is 42.5 Å². The van der Waals surface area contributed by atoms with Gasteiger partial charge in [-0.3, -0.25) is 4.79 Å². The molecule has 0 heterocycles. The Labute approximate surface area is 123 Å². The third-order valence-corrected chi connectivity index (χ3v) is 3.29. The number of nitrogens with one attached hydrogen (secondary N) is 2. The summed E-state index contributed by atoms with van der Waals surface area (Å²) < 4.78 is 0. The number of carboxylic acid groups (broad SMARTS) is 1. The first-order valence-corrected chi connectivity index (χ1v) is 6.83. The second kappa shape index (κ2) is 6.74. The molecule has 0 saturated heterocycles. The van der Waals surface area contributed by atoms with Gasteiger partial charge in [-0.25, -0.2) is 4.79 Å². The maximum Gasteiger partial charge on any atom is 0.319 e. The van der Waals surface area contributed by atoms with Crippen molar-refractivity contribution in [3.05, 3.63) is 42.5 Å². The summed E-state index contributed by atoms with van der Waals surface area (Å²) in [5, 5.41) is 16.3. The van der Waals surface area contributed by atoms with Gasteiger partial charge in [-0.15, -0.1) is 0 Å². The number of benzene rings is 2. The van der Waals surface area contributed by atoms with Crippen LogP contribution >= 0.6 is 0 Å². The first kappa shape index (κ1) is 14.8. The van der Waals surface area contributed by atoms with Crippen molar-refractivity contribution in [2.24, 2.45) is 5.92 Å². The molecule has 1 atom stereocenters. The number of hydrogen-bond acceptors (Lipinski definition) is 2. The zero-order valence-corrected chi connectivity index (χ0v) is 11.8. The van der Waals surface area contributed by atoms with Crippen molar-refractivity contribution in [3.63, 3.8) is 0 Å². The molecule has 0 spiro atoms. The second-order valence-electron chi connectivity index (χ2n) is 4.97. The predicted octanol–water partition coefficient (Wildman–Crippen LogP) is 3.07. The lowest BCUT2D eigenvalue weighted by molar-refractivity contribution is -0.141. The highest BCUT2D eigenvalue weighted by molar-refractivity contribution is 5.93. The van der Waals surface area contributed by atoms with E-state index >= 15 is 0 Å². The highest BCUT2D eigenvalue weighted by Crippen LogP contribution is 2.18. The van der Waals surface area contributed by atoms with Crippen molar-refractivity contribution >= 4 is 28.5 Å². The summed E-state index contributed by atoms with van der Waals surface area (Å²) >= 11 is 0. The maximum absolute atomic E-state index is 11.7. The van der Waals surface area contributed by atoms with Gasteiger partial charge in [0.15, 0.2) is 0 Å². The minimum Gasteiger partial charge on any atom is -0.481 e. The average molecular weight is 286 g/mol. The second-order valence-corrected chi connectivity index (χ2v) is 4.97. The normalized spacial score (nSPS) is 11.9. The molecule has 0 fully saturated rings. The Hall–Kier alpha value is -2.56. The van der Waals surface area contributed by atoms with Crippen molar-refractivity contribution in [3.8, 4) is 0 Å². The first-order valence-electron chi connectivity index (χ1n) is 6.83. The van der Waals surface area contributed by atoms with E-state index in [-0.39, 0.29) is 6.03 Å². The number of anilines is 1. The molecular formula is C16H18N2O3. The van der Waals surface area contributed by atoms with Crippen molar-refractivity contribution in [2.75, 3.05) is 11.9 Å². The fourth-order valence-corrected chi connectivity index (χ4v) is 1.97. The molecule has 1 unspecified atom stereocenters. The van der Waals surface area contributed by atoms with Gasteiger partial charge in [0.2, 0.25) is 0 Å². The van der Waals surface area contributed by atoms with Gasteiger partial charge in [0.25, 0.3) is 0 Å². The van der Waals surface area contributed by atoms with Crippen LogP contribution in [0.3, 0.4) is 0 Å². The number of carboxylic acids is 1. The van der Waals surface area contributed by atoms with Crippen molar-refractivity contribution < 1.29 is 14.7 Å². The van der Waals surface area contributed by atoms with Crippen LogP contribution in [0.2, 0.25) is 0 Å². The van der Waals surface area contributed by atoms with Crippen LogP contribution in [0.25, 0.3) is 10.8 Å². The zero-order valence-electron chi connectivity index (χ0n) is 11.8. The van der Waals surface area contributed by atoms with Gasteiger partial charge in [0.1, 0.15) is 0 Å². The van der Waals surface area contributed by atoms with Gasteiger partial charge in [0, 0.05) is 12.2 Å². The number of carbonyl (C=O) groups excluding carboxylic acids is 1. The largest absolute Gasteiger partial charge is 0.481 e. The van der Waals surface area contributed by atoms with Crippen LogP contribution in [-0.2, 0) is 4.79 Å². The molecule has 110 valence electrons. The van der Waals surface area contributed by atoms with E-state index in [0.717, 1.165) is 10.8 Å². The number of amides is 2. The van der Waals surface area contributed by atoms with Gasteiger partial charge in [-0.1, -0.05) is 37.3 Å². The van der Waals surface area contributed by atoms with Crippen molar-refractivity contribution in [2.45, 2.75) is 13.3 Å². The minimum absolute atomic E-state index is 0.326. The molecule has 2 aromatic rings. The van der Waals surface area contributed by atoms with E-state index in [4.69, 9.17) is 5.11 Å². The standard InChI is InChI=1S/C16H18N2O3/c1-11(15(19)20)8-9-17-16(21)18-14-7-6-12-4-2-3-5-13(12)10-14/h2-7,10-11H,8-9H2,1H3,(H,19,20)(H2,17,18,21). The van der Waals surface area contributed by atoms with E-state index in [2.05, 4.69) is 10.6 Å². The molecule has 2 rings (SSSR count). The van der Waals surface area contributed by atoms with Crippen LogP contribution < -0.4 is 10.6 Å². The molecule has 0 aliphatic rings. The molecule has 0 aliphatic heterocycles. The molecule has 0 aliphatic carbocycles. The summed E-state index contributed by atoms with van der Waals surface area (Å²) in [7, 11) is 0. The molecule has 21 heavy (non-hydrogen) atoms. The maximum atomic E-state index is 11.7. The summed E-state index contributed by atoms with van der Waals surface area (Å²) in [4.78, 5) is 22.4. The molecule has 5 nitrogen and oxygen atoms in total. The van der Waals surface area contributed by atoms with E-state index in [1.165, 1.54) is 0 Å². The molecular weight excluding hydrogens is 268 g/mol. The third-order valence-electron chi connectivity index (χ3n) is 3.29. The third kappa shape index (κ3) is 4.21. The molecule has 5 heteroatoms. The van der Waals surface area contributed by atoms with Gasteiger partial charge in [0.05, 0.1) is 5.92 Å². The first-order chi connectivity index (χ1) is 10.1. The van der Waals surface area contributed by atoms with Crippen LogP contribution in [0.1, 0.15) is 13.3 Å². The molecule has 2 aromatic carbocycles. The highest BCUT2D eigenvalue weighted by Gasteiger charge is 2.10. The molecule has 2 amide bonds. The van der Waals surface area contributed by atoms with Gasteiger partial charge in [-0.05, 0) is 29.3 Å². The Morgan fingerprint density at radius 3 is 2.57 bits per heavy atom. The lowest BCUT2D eigenvalue weighted by atomic mass is 10.1. The average Bonchev–Trinajstić information content (AvgIpc) is 2.46. The summed E-state index contributed by atoms with van der Waals surface area (Å²) in [6, 6.07) is 13.2. The highest BCUT2D eigenvalue weighted by atomic mass is 16.4. The lowest BCUT2D eigenvalue weighted by Gasteiger charge is -2.10. The van der Waals surface area contributed by atoms with Gasteiger partial charge >= 0.3 is 12.0 Å². The monoisotopic (exact) mass is 286 g/mol. The number of carbonyl (C=O) groups is 2. The van der Waals surface area contributed by atoms with Gasteiger partial charge < -0.3 is 15.7 Å². The van der Waals surface area contributed by atoms with Crippen LogP contribution in [-0.4, -0.2) is 23.7 Å².